The molecule has 6 aromatic rings. The summed E-state index contributed by atoms with van der Waals surface area (Å²) in [5, 5.41) is 11.8. The first kappa shape index (κ1) is 22.4. The molecule has 4 aromatic heterocycles. The fourth-order valence-corrected chi connectivity index (χ4v) is 5.19. The lowest BCUT2D eigenvalue weighted by Gasteiger charge is -2.13. The molecule has 1 aliphatic heterocycles. The summed E-state index contributed by atoms with van der Waals surface area (Å²) >= 11 is 0. The monoisotopic (exact) mass is 505 g/mol. The number of rotatable bonds is 7. The molecule has 9 heteroatoms. The van der Waals surface area contributed by atoms with Gasteiger partial charge in [-0.2, -0.15) is 0 Å². The Morgan fingerprint density at radius 2 is 1.82 bits per heavy atom. The van der Waals surface area contributed by atoms with Crippen LogP contribution in [-0.2, 0) is 25.8 Å². The second-order valence-electron chi connectivity index (χ2n) is 9.33. The van der Waals surface area contributed by atoms with E-state index in [1.807, 2.05) is 30.6 Å². The Morgan fingerprint density at radius 1 is 0.895 bits per heavy atom. The van der Waals surface area contributed by atoms with Crippen LogP contribution in [0.2, 0.25) is 0 Å². The molecule has 0 aliphatic carbocycles. The van der Waals surface area contributed by atoms with Crippen molar-refractivity contribution >= 4 is 17.2 Å². The van der Waals surface area contributed by atoms with E-state index in [2.05, 4.69) is 49.2 Å². The number of nitrogens with one attached hydrogen (secondary N) is 1. The minimum absolute atomic E-state index is 0.257. The predicted molar refractivity (Wildman–Crippen MR) is 142 cm³/mol. The molecule has 5 heterocycles. The van der Waals surface area contributed by atoms with E-state index in [0.717, 1.165) is 46.6 Å². The molecule has 0 radical (unpaired) electrons. The molecule has 38 heavy (non-hydrogen) atoms. The van der Waals surface area contributed by atoms with Gasteiger partial charge >= 0.3 is 0 Å². The third kappa shape index (κ3) is 3.83. The molecule has 0 unspecified atom stereocenters. The van der Waals surface area contributed by atoms with Gasteiger partial charge in [-0.15, -0.1) is 10.2 Å². The van der Waals surface area contributed by atoms with E-state index in [0.29, 0.717) is 30.2 Å². The fraction of sp³-hybridized carbons (Fsp3) is 0.172. The summed E-state index contributed by atoms with van der Waals surface area (Å²) in [7, 11) is 0. The predicted octanol–water partition coefficient (Wildman–Crippen LogP) is 4.91. The number of hydrogen-bond donors (Lipinski definition) is 1. The second kappa shape index (κ2) is 9.26. The fourth-order valence-electron chi connectivity index (χ4n) is 5.19. The van der Waals surface area contributed by atoms with E-state index >= 15 is 0 Å². The van der Waals surface area contributed by atoms with Crippen molar-refractivity contribution < 1.29 is 9.13 Å². The Labute approximate surface area is 217 Å². The van der Waals surface area contributed by atoms with E-state index in [4.69, 9.17) is 9.72 Å². The molecular formula is C29H24FN7O. The second-order valence-corrected chi connectivity index (χ2v) is 9.33. The van der Waals surface area contributed by atoms with Crippen molar-refractivity contribution in [3.05, 3.63) is 108 Å². The molecule has 0 saturated carbocycles. The first-order valence-electron chi connectivity index (χ1n) is 12.6. The Bertz CT molecular complexity index is 1780. The van der Waals surface area contributed by atoms with Gasteiger partial charge in [0.25, 0.3) is 0 Å². The number of imidazole rings is 1. The summed E-state index contributed by atoms with van der Waals surface area (Å²) in [6, 6.07) is 17.6. The highest BCUT2D eigenvalue weighted by atomic mass is 19.1. The minimum Gasteiger partial charge on any atom is -0.493 e. The highest BCUT2D eigenvalue weighted by Gasteiger charge is 2.20. The lowest BCUT2D eigenvalue weighted by molar-refractivity contribution is 0.356. The number of hydrogen-bond acceptors (Lipinski definition) is 6. The first-order valence-corrected chi connectivity index (χ1v) is 12.6. The largest absolute Gasteiger partial charge is 0.493 e. The number of aromatic nitrogens is 6. The van der Waals surface area contributed by atoms with Crippen LogP contribution in [0.25, 0.3) is 22.4 Å². The molecule has 0 atom stereocenters. The van der Waals surface area contributed by atoms with Crippen LogP contribution in [0.3, 0.4) is 0 Å². The maximum absolute atomic E-state index is 14.6. The van der Waals surface area contributed by atoms with Gasteiger partial charge in [-0.3, -0.25) is 4.40 Å². The normalized spacial score (nSPS) is 12.7. The van der Waals surface area contributed by atoms with Crippen LogP contribution in [0, 0.1) is 5.82 Å². The highest BCUT2D eigenvalue weighted by Crippen LogP contribution is 2.32. The number of aryl methyl sites for hydroxylation is 2. The summed E-state index contributed by atoms with van der Waals surface area (Å²) in [5.74, 6) is 1.02. The molecule has 2 aromatic carbocycles. The molecular weight excluding hydrogens is 481 g/mol. The SMILES string of the molecule is Fc1ccc2c(c1CNc1ncc(-c3cccn4c(CCc5ccccc5)cnc34)c3nncn13)CCO2. The third-order valence-electron chi connectivity index (χ3n) is 7.11. The van der Waals surface area contributed by atoms with Gasteiger partial charge in [0.2, 0.25) is 5.95 Å². The van der Waals surface area contributed by atoms with E-state index in [9.17, 15) is 4.39 Å². The molecule has 1 N–H and O–H groups in total. The zero-order valence-corrected chi connectivity index (χ0v) is 20.5. The van der Waals surface area contributed by atoms with Crippen LogP contribution in [-0.4, -0.2) is 35.6 Å². The van der Waals surface area contributed by atoms with Crippen LogP contribution in [0.4, 0.5) is 10.3 Å². The van der Waals surface area contributed by atoms with Crippen molar-refractivity contribution in [2.24, 2.45) is 0 Å². The number of nitrogens with zero attached hydrogens (tertiary/aromatic N) is 6. The molecule has 0 saturated heterocycles. The molecule has 8 nitrogen and oxygen atoms in total. The van der Waals surface area contributed by atoms with Gasteiger partial charge in [-0.25, -0.2) is 14.4 Å². The molecule has 0 amide bonds. The molecule has 0 spiro atoms. The summed E-state index contributed by atoms with van der Waals surface area (Å²) in [6.45, 7) is 0.848. The minimum atomic E-state index is -0.257. The number of pyridine rings is 1. The topological polar surface area (TPSA) is 81.6 Å². The summed E-state index contributed by atoms with van der Waals surface area (Å²) in [4.78, 5) is 9.41. The molecule has 188 valence electrons. The summed E-state index contributed by atoms with van der Waals surface area (Å²) < 4.78 is 24.1. The maximum atomic E-state index is 14.6. The van der Waals surface area contributed by atoms with Crippen molar-refractivity contribution in [3.63, 3.8) is 0 Å². The average molecular weight is 506 g/mol. The lowest BCUT2D eigenvalue weighted by Crippen LogP contribution is -2.10. The Morgan fingerprint density at radius 3 is 2.74 bits per heavy atom. The first-order chi connectivity index (χ1) is 18.8. The van der Waals surface area contributed by atoms with Gasteiger partial charge in [-0.1, -0.05) is 30.3 Å². The smallest absolute Gasteiger partial charge is 0.210 e. The van der Waals surface area contributed by atoms with Gasteiger partial charge in [0.1, 0.15) is 23.5 Å². The lowest BCUT2D eigenvalue weighted by atomic mass is 10.0. The van der Waals surface area contributed by atoms with Crippen molar-refractivity contribution in [3.8, 4) is 16.9 Å². The van der Waals surface area contributed by atoms with Gasteiger partial charge in [0, 0.05) is 59.5 Å². The zero-order chi connectivity index (χ0) is 25.5. The van der Waals surface area contributed by atoms with Crippen molar-refractivity contribution in [1.82, 2.24) is 29.0 Å². The molecule has 7 rings (SSSR count). The number of benzene rings is 2. The van der Waals surface area contributed by atoms with Gasteiger partial charge in [0.15, 0.2) is 5.65 Å². The molecule has 1 aliphatic rings. The quantitative estimate of drug-likeness (QED) is 0.332. The van der Waals surface area contributed by atoms with E-state index in [-0.39, 0.29) is 12.4 Å². The van der Waals surface area contributed by atoms with Gasteiger partial charge in [-0.05, 0) is 42.7 Å². The number of anilines is 1. The van der Waals surface area contributed by atoms with Crippen LogP contribution in [0.1, 0.15) is 22.4 Å². The van der Waals surface area contributed by atoms with Crippen molar-refractivity contribution in [2.75, 3.05) is 11.9 Å². The van der Waals surface area contributed by atoms with Crippen LogP contribution < -0.4 is 10.1 Å². The van der Waals surface area contributed by atoms with E-state index in [1.54, 1.807) is 23.0 Å². The Kier molecular flexibility index (Phi) is 5.46. The number of halogens is 1. The maximum Gasteiger partial charge on any atom is 0.210 e. The zero-order valence-electron chi connectivity index (χ0n) is 20.5. The highest BCUT2D eigenvalue weighted by molar-refractivity contribution is 5.86. The molecule has 0 bridgehead atoms. The van der Waals surface area contributed by atoms with Gasteiger partial charge in [0.05, 0.1) is 6.61 Å². The van der Waals surface area contributed by atoms with Crippen LogP contribution >= 0.6 is 0 Å². The Hall–Kier alpha value is -4.79. The number of ether oxygens (including phenoxy) is 1. The van der Waals surface area contributed by atoms with E-state index < -0.39 is 0 Å². The standard InChI is InChI=1S/C29H24FN7O/c30-25-10-11-26-21(12-14-38-26)23(25)16-32-29-33-17-24(28-35-34-18-37(28)29)22-7-4-13-36-20(15-31-27(22)36)9-8-19-5-2-1-3-6-19/h1-7,10-11,13,15,17-18H,8-9,12,14,16H2,(H,32,33). The van der Waals surface area contributed by atoms with Crippen LogP contribution in [0.15, 0.2) is 79.5 Å². The van der Waals surface area contributed by atoms with Crippen LogP contribution in [0.5, 0.6) is 5.75 Å². The summed E-state index contributed by atoms with van der Waals surface area (Å²) in [6.07, 6.45) is 9.86. The summed E-state index contributed by atoms with van der Waals surface area (Å²) in [5.41, 5.74) is 7.15. The van der Waals surface area contributed by atoms with Crippen molar-refractivity contribution in [2.45, 2.75) is 25.8 Å². The Balaban J connectivity index is 1.20. The number of fused-ring (bicyclic) bond motifs is 3. The van der Waals surface area contributed by atoms with E-state index in [1.165, 1.54) is 11.6 Å². The van der Waals surface area contributed by atoms with Crippen molar-refractivity contribution in [1.29, 1.82) is 0 Å². The molecule has 0 fully saturated rings. The average Bonchev–Trinajstić information content (AvgIpc) is 3.72. The van der Waals surface area contributed by atoms with Gasteiger partial charge < -0.3 is 14.5 Å². The third-order valence-corrected chi connectivity index (χ3v) is 7.11.